The van der Waals surface area contributed by atoms with Crippen LogP contribution in [0.3, 0.4) is 0 Å². The number of benzene rings is 1. The molecule has 0 heterocycles. The molecule has 1 aromatic rings. The van der Waals surface area contributed by atoms with Crippen LogP contribution in [0.15, 0.2) is 6.07 Å². The van der Waals surface area contributed by atoms with E-state index in [1.807, 2.05) is 0 Å². The number of hydrogen-bond donors (Lipinski definition) is 2. The fourth-order valence-corrected chi connectivity index (χ4v) is 0.727. The average Bonchev–Trinajstić information content (AvgIpc) is 1.97. The summed E-state index contributed by atoms with van der Waals surface area (Å²) in [6.45, 7) is 1.17. The second kappa shape index (κ2) is 2.38. The quantitative estimate of drug-likeness (QED) is 0.567. The average molecular weight is 160 g/mol. The molecule has 0 saturated heterocycles. The lowest BCUT2D eigenvalue weighted by Gasteiger charge is -2.02. The molecular formula is C7H6F2O2. The van der Waals surface area contributed by atoms with Gasteiger partial charge in [-0.15, -0.1) is 0 Å². The van der Waals surface area contributed by atoms with Gasteiger partial charge in [0.15, 0.2) is 23.1 Å². The Kier molecular flexibility index (Phi) is 1.68. The summed E-state index contributed by atoms with van der Waals surface area (Å²) >= 11 is 0. The molecule has 60 valence electrons. The molecule has 0 atom stereocenters. The van der Waals surface area contributed by atoms with E-state index in [-0.39, 0.29) is 5.56 Å². The normalized spacial score (nSPS) is 10.1. The van der Waals surface area contributed by atoms with Gasteiger partial charge in [0.1, 0.15) is 0 Å². The van der Waals surface area contributed by atoms with Gasteiger partial charge in [-0.3, -0.25) is 0 Å². The first-order chi connectivity index (χ1) is 5.04. The number of aromatic hydroxyl groups is 2. The third kappa shape index (κ3) is 1.11. The van der Waals surface area contributed by atoms with Gasteiger partial charge in [-0.1, -0.05) is 0 Å². The molecule has 0 spiro atoms. The number of phenols is 2. The van der Waals surface area contributed by atoms with E-state index in [4.69, 9.17) is 10.2 Å². The van der Waals surface area contributed by atoms with E-state index in [1.54, 1.807) is 0 Å². The van der Waals surface area contributed by atoms with Crippen LogP contribution in [-0.2, 0) is 0 Å². The van der Waals surface area contributed by atoms with Crippen LogP contribution in [-0.4, -0.2) is 10.2 Å². The molecule has 2 N–H and O–H groups in total. The summed E-state index contributed by atoms with van der Waals surface area (Å²) in [7, 11) is 0. The summed E-state index contributed by atoms with van der Waals surface area (Å²) < 4.78 is 24.9. The Balaban J connectivity index is 3.46. The maximum absolute atomic E-state index is 12.5. The SMILES string of the molecule is Cc1c(O)c(O)cc(F)c1F. The minimum atomic E-state index is -1.17. The number of rotatable bonds is 0. The Morgan fingerprint density at radius 1 is 1.27 bits per heavy atom. The van der Waals surface area contributed by atoms with Crippen molar-refractivity contribution < 1.29 is 19.0 Å². The summed E-state index contributed by atoms with van der Waals surface area (Å²) in [5, 5.41) is 17.6. The van der Waals surface area contributed by atoms with Crippen molar-refractivity contribution in [3.05, 3.63) is 23.3 Å². The number of hydrogen-bond acceptors (Lipinski definition) is 2. The van der Waals surface area contributed by atoms with Crippen molar-refractivity contribution >= 4 is 0 Å². The third-order valence-corrected chi connectivity index (χ3v) is 1.40. The molecule has 0 unspecified atom stereocenters. The highest BCUT2D eigenvalue weighted by Gasteiger charge is 2.13. The van der Waals surface area contributed by atoms with Crippen molar-refractivity contribution in [1.82, 2.24) is 0 Å². The van der Waals surface area contributed by atoms with E-state index in [0.717, 1.165) is 0 Å². The van der Waals surface area contributed by atoms with Gasteiger partial charge in [-0.25, -0.2) is 8.78 Å². The molecule has 0 amide bonds. The Bertz CT molecular complexity index is 271. The van der Waals surface area contributed by atoms with Crippen molar-refractivity contribution in [2.45, 2.75) is 6.92 Å². The molecule has 1 aromatic carbocycles. The van der Waals surface area contributed by atoms with Crippen LogP contribution in [0.1, 0.15) is 5.56 Å². The van der Waals surface area contributed by atoms with Crippen LogP contribution in [0, 0.1) is 18.6 Å². The highest BCUT2D eigenvalue weighted by Crippen LogP contribution is 2.31. The zero-order valence-corrected chi connectivity index (χ0v) is 5.73. The molecule has 0 fully saturated rings. The van der Waals surface area contributed by atoms with Gasteiger partial charge >= 0.3 is 0 Å². The maximum atomic E-state index is 12.5. The van der Waals surface area contributed by atoms with Gasteiger partial charge in [0.2, 0.25) is 0 Å². The first-order valence-electron chi connectivity index (χ1n) is 2.90. The minimum Gasteiger partial charge on any atom is -0.504 e. The molecule has 11 heavy (non-hydrogen) atoms. The van der Waals surface area contributed by atoms with E-state index in [0.29, 0.717) is 6.07 Å². The Labute approximate surface area is 61.7 Å². The summed E-state index contributed by atoms with van der Waals surface area (Å²) in [4.78, 5) is 0. The van der Waals surface area contributed by atoms with Crippen LogP contribution in [0.25, 0.3) is 0 Å². The van der Waals surface area contributed by atoms with Gasteiger partial charge in [0, 0.05) is 11.6 Å². The maximum Gasteiger partial charge on any atom is 0.165 e. The van der Waals surface area contributed by atoms with Gasteiger partial charge in [0.05, 0.1) is 0 Å². The van der Waals surface area contributed by atoms with E-state index in [9.17, 15) is 8.78 Å². The summed E-state index contributed by atoms with van der Waals surface area (Å²) in [6, 6.07) is 0.525. The van der Waals surface area contributed by atoms with E-state index in [2.05, 4.69) is 0 Å². The lowest BCUT2D eigenvalue weighted by molar-refractivity contribution is 0.385. The van der Waals surface area contributed by atoms with Gasteiger partial charge in [-0.05, 0) is 6.92 Å². The van der Waals surface area contributed by atoms with Gasteiger partial charge < -0.3 is 10.2 Å². The predicted molar refractivity (Wildman–Crippen MR) is 34.4 cm³/mol. The highest BCUT2D eigenvalue weighted by molar-refractivity contribution is 5.44. The predicted octanol–water partition coefficient (Wildman–Crippen LogP) is 1.68. The molecule has 2 nitrogen and oxygen atoms in total. The summed E-state index contributed by atoms with van der Waals surface area (Å²) in [6.07, 6.45) is 0. The molecule has 0 saturated carbocycles. The van der Waals surface area contributed by atoms with Crippen molar-refractivity contribution in [3.8, 4) is 11.5 Å². The van der Waals surface area contributed by atoms with Gasteiger partial charge in [0.25, 0.3) is 0 Å². The lowest BCUT2D eigenvalue weighted by Crippen LogP contribution is -1.89. The fourth-order valence-electron chi connectivity index (χ4n) is 0.727. The van der Waals surface area contributed by atoms with Crippen molar-refractivity contribution in [3.63, 3.8) is 0 Å². The Morgan fingerprint density at radius 3 is 2.36 bits per heavy atom. The highest BCUT2D eigenvalue weighted by atomic mass is 19.2. The van der Waals surface area contributed by atoms with Crippen molar-refractivity contribution in [2.75, 3.05) is 0 Å². The molecule has 0 radical (unpaired) electrons. The second-order valence-electron chi connectivity index (χ2n) is 2.17. The van der Waals surface area contributed by atoms with E-state index in [1.165, 1.54) is 6.92 Å². The molecule has 0 aliphatic carbocycles. The zero-order valence-electron chi connectivity index (χ0n) is 5.73. The van der Waals surface area contributed by atoms with Crippen LogP contribution < -0.4 is 0 Å². The number of halogens is 2. The van der Waals surface area contributed by atoms with E-state index < -0.39 is 23.1 Å². The summed E-state index contributed by atoms with van der Waals surface area (Å²) in [5.74, 6) is -3.58. The molecule has 0 aliphatic heterocycles. The van der Waals surface area contributed by atoms with Crippen LogP contribution in [0.4, 0.5) is 8.78 Å². The van der Waals surface area contributed by atoms with Crippen LogP contribution in [0.2, 0.25) is 0 Å². The minimum absolute atomic E-state index is 0.289. The standard InChI is InChI=1S/C7H6F2O2/c1-3-6(9)4(8)2-5(10)7(3)11/h2,10-11H,1H3. The zero-order chi connectivity index (χ0) is 8.59. The Morgan fingerprint density at radius 2 is 1.82 bits per heavy atom. The smallest absolute Gasteiger partial charge is 0.165 e. The van der Waals surface area contributed by atoms with Crippen LogP contribution >= 0.6 is 0 Å². The first-order valence-corrected chi connectivity index (χ1v) is 2.90. The fraction of sp³-hybridized carbons (Fsp3) is 0.143. The van der Waals surface area contributed by atoms with Crippen molar-refractivity contribution in [2.24, 2.45) is 0 Å². The molecule has 4 heteroatoms. The molecule has 0 bridgehead atoms. The third-order valence-electron chi connectivity index (χ3n) is 1.40. The van der Waals surface area contributed by atoms with Crippen LogP contribution in [0.5, 0.6) is 11.5 Å². The largest absolute Gasteiger partial charge is 0.504 e. The number of phenolic OH excluding ortho intramolecular Hbond substituents is 2. The molecule has 0 aromatic heterocycles. The molecule has 1 rings (SSSR count). The van der Waals surface area contributed by atoms with Crippen molar-refractivity contribution in [1.29, 1.82) is 0 Å². The first kappa shape index (κ1) is 7.78. The molecule has 0 aliphatic rings. The second-order valence-corrected chi connectivity index (χ2v) is 2.17. The topological polar surface area (TPSA) is 40.5 Å². The van der Waals surface area contributed by atoms with E-state index >= 15 is 0 Å². The van der Waals surface area contributed by atoms with Gasteiger partial charge in [-0.2, -0.15) is 0 Å². The Hall–Kier alpha value is -1.32. The lowest BCUT2D eigenvalue weighted by atomic mass is 10.2. The summed E-state index contributed by atoms with van der Waals surface area (Å²) in [5.41, 5.74) is -0.289. The molecular weight excluding hydrogens is 154 g/mol. The monoisotopic (exact) mass is 160 g/mol.